The molecule has 8 heteroatoms. The number of ether oxygens (including phenoxy) is 1. The van der Waals surface area contributed by atoms with Gasteiger partial charge in [0.2, 0.25) is 0 Å². The predicted molar refractivity (Wildman–Crippen MR) is 105 cm³/mol. The molecule has 7 nitrogen and oxygen atoms in total. The first-order chi connectivity index (χ1) is 13.0. The van der Waals surface area contributed by atoms with Crippen LogP contribution >= 0.6 is 11.3 Å². The minimum atomic E-state index is -0.947. The summed E-state index contributed by atoms with van der Waals surface area (Å²) in [6.07, 6.45) is 3.30. The molecular formula is C19H20N4O3S. The molecule has 0 amide bonds. The third-order valence-corrected chi connectivity index (χ3v) is 5.40. The van der Waals surface area contributed by atoms with Crippen LogP contribution in [-0.4, -0.2) is 39.7 Å². The molecule has 0 saturated heterocycles. The van der Waals surface area contributed by atoms with E-state index < -0.39 is 5.97 Å². The molecule has 0 radical (unpaired) electrons. The van der Waals surface area contributed by atoms with Crippen molar-refractivity contribution >= 4 is 23.1 Å². The molecule has 3 rings (SSSR count). The van der Waals surface area contributed by atoms with Gasteiger partial charge in [-0.25, -0.2) is 14.8 Å². The van der Waals surface area contributed by atoms with Gasteiger partial charge < -0.3 is 15.2 Å². The van der Waals surface area contributed by atoms with E-state index in [1.54, 1.807) is 19.4 Å². The lowest BCUT2D eigenvalue weighted by atomic mass is 10.1. The van der Waals surface area contributed by atoms with E-state index >= 15 is 0 Å². The molecule has 1 unspecified atom stereocenters. The lowest BCUT2D eigenvalue weighted by molar-refractivity contribution is 0.0702. The number of carbonyl (C=O) groups is 1. The molecule has 0 saturated carbocycles. The second-order valence-corrected chi connectivity index (χ2v) is 7.19. The van der Waals surface area contributed by atoms with Crippen molar-refractivity contribution in [2.45, 2.75) is 19.8 Å². The highest BCUT2D eigenvalue weighted by molar-refractivity contribution is 7.14. The van der Waals surface area contributed by atoms with Crippen molar-refractivity contribution in [1.29, 1.82) is 0 Å². The van der Waals surface area contributed by atoms with E-state index in [4.69, 9.17) is 4.74 Å². The number of carboxylic acids is 1. The zero-order valence-electron chi connectivity index (χ0n) is 15.3. The number of hydrogen-bond donors (Lipinski definition) is 2. The molecule has 3 aromatic heterocycles. The minimum absolute atomic E-state index is 0.0532. The number of aryl methyl sites for hydroxylation is 1. The number of anilines is 1. The second-order valence-electron chi connectivity index (χ2n) is 6.11. The van der Waals surface area contributed by atoms with Crippen LogP contribution in [-0.2, 0) is 0 Å². The Labute approximate surface area is 161 Å². The zero-order valence-corrected chi connectivity index (χ0v) is 16.1. The number of rotatable bonds is 7. The quantitative estimate of drug-likeness (QED) is 0.639. The van der Waals surface area contributed by atoms with Gasteiger partial charge in [0.15, 0.2) is 0 Å². The zero-order chi connectivity index (χ0) is 19.4. The Morgan fingerprint density at radius 1 is 1.30 bits per heavy atom. The molecule has 0 aliphatic carbocycles. The number of aromatic nitrogens is 3. The van der Waals surface area contributed by atoms with Crippen molar-refractivity contribution in [2.24, 2.45) is 0 Å². The van der Waals surface area contributed by atoms with E-state index in [0.29, 0.717) is 18.1 Å². The summed E-state index contributed by atoms with van der Waals surface area (Å²) < 4.78 is 5.32. The first-order valence-electron chi connectivity index (χ1n) is 8.38. The molecule has 0 spiro atoms. The van der Waals surface area contributed by atoms with Crippen molar-refractivity contribution in [3.63, 3.8) is 0 Å². The number of methoxy groups -OCH3 is 1. The van der Waals surface area contributed by atoms with Crippen LogP contribution in [0.3, 0.4) is 0 Å². The second kappa shape index (κ2) is 8.13. The Balaban J connectivity index is 1.72. The predicted octanol–water partition coefficient (Wildman–Crippen LogP) is 3.83. The number of hydrogen-bond acceptors (Lipinski definition) is 7. The van der Waals surface area contributed by atoms with Gasteiger partial charge in [-0.3, -0.25) is 4.98 Å². The normalized spacial score (nSPS) is 11.8. The molecule has 3 aromatic rings. The van der Waals surface area contributed by atoms with Crippen LogP contribution in [0, 0.1) is 6.92 Å². The van der Waals surface area contributed by atoms with Gasteiger partial charge in [-0.05, 0) is 19.1 Å². The van der Waals surface area contributed by atoms with Gasteiger partial charge in [0, 0.05) is 42.0 Å². The summed E-state index contributed by atoms with van der Waals surface area (Å²) in [5, 5.41) is 12.5. The smallest absolute Gasteiger partial charge is 0.346 e. The van der Waals surface area contributed by atoms with Crippen LogP contribution in [0.25, 0.3) is 11.3 Å². The summed E-state index contributed by atoms with van der Waals surface area (Å²) in [5.74, 6) is 0.400. The average molecular weight is 384 g/mol. The fourth-order valence-corrected chi connectivity index (χ4v) is 3.60. The van der Waals surface area contributed by atoms with Crippen molar-refractivity contribution in [3.8, 4) is 17.0 Å². The van der Waals surface area contributed by atoms with Crippen LogP contribution < -0.4 is 10.1 Å². The number of nitrogens with one attached hydrogen (secondary N) is 1. The maximum atomic E-state index is 11.2. The Morgan fingerprint density at radius 3 is 2.78 bits per heavy atom. The monoisotopic (exact) mass is 384 g/mol. The van der Waals surface area contributed by atoms with Crippen LogP contribution in [0.2, 0.25) is 0 Å². The maximum Gasteiger partial charge on any atom is 0.346 e. The van der Waals surface area contributed by atoms with Crippen molar-refractivity contribution in [2.75, 3.05) is 19.0 Å². The number of aromatic carboxylic acids is 1. The Hall–Kier alpha value is -3.00. The number of nitrogens with zero attached hydrogens (tertiary/aromatic N) is 3. The fourth-order valence-electron chi connectivity index (χ4n) is 2.58. The van der Waals surface area contributed by atoms with Gasteiger partial charge in [-0.1, -0.05) is 6.92 Å². The molecule has 140 valence electrons. The van der Waals surface area contributed by atoms with E-state index in [0.717, 1.165) is 21.8 Å². The van der Waals surface area contributed by atoms with E-state index in [9.17, 15) is 9.90 Å². The molecule has 3 heterocycles. The summed E-state index contributed by atoms with van der Waals surface area (Å²) in [4.78, 5) is 25.2. The van der Waals surface area contributed by atoms with Crippen LogP contribution in [0.15, 0.2) is 36.8 Å². The van der Waals surface area contributed by atoms with Gasteiger partial charge in [0.1, 0.15) is 22.8 Å². The lowest BCUT2D eigenvalue weighted by Gasteiger charge is -2.13. The maximum absolute atomic E-state index is 11.2. The van der Waals surface area contributed by atoms with E-state index in [1.165, 1.54) is 17.7 Å². The summed E-state index contributed by atoms with van der Waals surface area (Å²) in [6, 6.07) is 7.34. The molecular weight excluding hydrogens is 364 g/mol. The third-order valence-electron chi connectivity index (χ3n) is 4.07. The molecule has 0 aromatic carbocycles. The largest absolute Gasteiger partial charge is 0.496 e. The number of pyridine rings is 1. The summed E-state index contributed by atoms with van der Waals surface area (Å²) in [5.41, 5.74) is 2.66. The Kier molecular flexibility index (Phi) is 5.66. The standard InChI is InChI=1S/C19H20N4O3S/c1-11(18-15(26-3)7-16(27-18)19(24)25)8-21-17-6-14(22-10-23-17)13-5-4-12(2)20-9-13/h4-7,9-11H,8H2,1-3H3,(H,24,25)(H,21,22,23). The highest BCUT2D eigenvalue weighted by Gasteiger charge is 2.19. The van der Waals surface area contributed by atoms with E-state index in [1.807, 2.05) is 32.0 Å². The molecule has 0 bridgehead atoms. The third kappa shape index (κ3) is 4.40. The molecule has 1 atom stereocenters. The van der Waals surface area contributed by atoms with Gasteiger partial charge in [-0.15, -0.1) is 11.3 Å². The molecule has 0 aliphatic heterocycles. The van der Waals surface area contributed by atoms with Crippen molar-refractivity contribution < 1.29 is 14.6 Å². The van der Waals surface area contributed by atoms with Gasteiger partial charge in [0.05, 0.1) is 17.7 Å². The van der Waals surface area contributed by atoms with E-state index in [-0.39, 0.29) is 10.8 Å². The summed E-state index contributed by atoms with van der Waals surface area (Å²) in [6.45, 7) is 4.53. The summed E-state index contributed by atoms with van der Waals surface area (Å²) in [7, 11) is 1.55. The fraction of sp³-hybridized carbons (Fsp3) is 0.263. The van der Waals surface area contributed by atoms with Crippen molar-refractivity contribution in [3.05, 3.63) is 52.2 Å². The van der Waals surface area contributed by atoms with Crippen molar-refractivity contribution in [1.82, 2.24) is 15.0 Å². The topological polar surface area (TPSA) is 97.2 Å². The minimum Gasteiger partial charge on any atom is -0.496 e. The molecule has 0 aliphatic rings. The molecule has 27 heavy (non-hydrogen) atoms. The average Bonchev–Trinajstić information content (AvgIpc) is 3.12. The van der Waals surface area contributed by atoms with Crippen LogP contribution in [0.4, 0.5) is 5.82 Å². The SMILES string of the molecule is COc1cc(C(=O)O)sc1C(C)CNc1cc(-c2ccc(C)nc2)ncn1. The summed E-state index contributed by atoms with van der Waals surface area (Å²) >= 11 is 1.23. The van der Waals surface area contributed by atoms with Gasteiger partial charge in [-0.2, -0.15) is 0 Å². The first-order valence-corrected chi connectivity index (χ1v) is 9.19. The van der Waals surface area contributed by atoms with Gasteiger partial charge in [0.25, 0.3) is 0 Å². The number of carboxylic acid groups (broad SMARTS) is 1. The lowest BCUT2D eigenvalue weighted by Crippen LogP contribution is -2.10. The Bertz CT molecular complexity index is 940. The van der Waals surface area contributed by atoms with Crippen LogP contribution in [0.1, 0.15) is 33.1 Å². The highest BCUT2D eigenvalue weighted by atomic mass is 32.1. The highest BCUT2D eigenvalue weighted by Crippen LogP contribution is 2.35. The van der Waals surface area contributed by atoms with E-state index in [2.05, 4.69) is 20.3 Å². The van der Waals surface area contributed by atoms with Gasteiger partial charge >= 0.3 is 5.97 Å². The van der Waals surface area contributed by atoms with Crippen LogP contribution in [0.5, 0.6) is 5.75 Å². The number of thiophene rings is 1. The Morgan fingerprint density at radius 2 is 2.11 bits per heavy atom. The molecule has 0 fully saturated rings. The molecule has 2 N–H and O–H groups in total. The first kappa shape index (κ1) is 18.8.